The third-order valence-corrected chi connectivity index (χ3v) is 17.2. The number of hydrogen-bond acceptors (Lipinski definition) is 12. The molecule has 20 nitrogen and oxygen atoms in total. The molecular formula is C66H114N8O12. The molecule has 0 aliphatic carbocycles. The molecule has 20 heteroatoms. The molecule has 1 fully saturated rings. The standard InChI is InChI=1S/C66H114N8O12/c1-26-28-29-43(15)58(78)57-55(77)35-47(27-2)62(82)68(19)46(18)61(81)69(20)50(31-38(5)6)54(76)36-48(41(11)12)63(83)70(21)49(30-37(3)4)53(75)34-44(16)59(79)67-45(17)60(80)71(22)51(32-39(7)8)64(84)72(23)52(33-40(9)10)65(85)73(24)56(42(13)14)66(86)74(57)25/h26,28,37-45,47-52,56-58,78H,18,27,29-36H2,1-17,19-25H3,(H,67,79)/b28-26+/t43-,44+,45+,47+,48-,49+,50+,51-,52-,56-,57+,58-/m1/s1. The molecule has 86 heavy (non-hydrogen) atoms. The first-order valence-electron chi connectivity index (χ1n) is 31.4. The number of carbonyl (C=O) groups is 11. The summed E-state index contributed by atoms with van der Waals surface area (Å²) in [7, 11) is 10.1. The van der Waals surface area contributed by atoms with E-state index < -0.39 is 155 Å². The van der Waals surface area contributed by atoms with Gasteiger partial charge in [0.25, 0.3) is 5.91 Å². The van der Waals surface area contributed by atoms with Gasteiger partial charge in [-0.05, 0) is 93.8 Å². The van der Waals surface area contributed by atoms with Crippen LogP contribution in [0, 0.1) is 59.2 Å². The highest BCUT2D eigenvalue weighted by Crippen LogP contribution is 2.30. The number of rotatable bonds is 15. The molecule has 12 atom stereocenters. The zero-order valence-corrected chi connectivity index (χ0v) is 57.2. The van der Waals surface area contributed by atoms with Crippen LogP contribution in [-0.2, 0) is 52.7 Å². The fourth-order valence-electron chi connectivity index (χ4n) is 11.5. The first kappa shape index (κ1) is 78.2. The van der Waals surface area contributed by atoms with Gasteiger partial charge in [-0.2, -0.15) is 0 Å². The Hall–Kier alpha value is -5.79. The lowest BCUT2D eigenvalue weighted by atomic mass is 9.84. The third-order valence-electron chi connectivity index (χ3n) is 17.2. The number of amides is 8. The largest absolute Gasteiger partial charge is 0.390 e. The minimum absolute atomic E-state index is 0.0758. The minimum atomic E-state index is -1.52. The highest BCUT2D eigenvalue weighted by atomic mass is 16.3. The van der Waals surface area contributed by atoms with Gasteiger partial charge in [0.05, 0.1) is 18.2 Å². The van der Waals surface area contributed by atoms with Crippen molar-refractivity contribution in [2.75, 3.05) is 49.3 Å². The third kappa shape index (κ3) is 21.2. The number of aliphatic hydroxyl groups excluding tert-OH is 1. The van der Waals surface area contributed by atoms with Crippen LogP contribution in [-0.4, -0.2) is 202 Å². The topological polar surface area (TPSA) is 243 Å². The Bertz CT molecular complexity index is 2400. The highest BCUT2D eigenvalue weighted by molar-refractivity contribution is 6.02. The average Bonchev–Trinajstić information content (AvgIpc) is 2.39. The van der Waals surface area contributed by atoms with Crippen LogP contribution in [0.1, 0.15) is 175 Å². The van der Waals surface area contributed by atoms with Crippen LogP contribution in [0.15, 0.2) is 24.4 Å². The van der Waals surface area contributed by atoms with Crippen LogP contribution < -0.4 is 5.32 Å². The average molecular weight is 1210 g/mol. The molecule has 490 valence electrons. The van der Waals surface area contributed by atoms with Crippen molar-refractivity contribution in [1.29, 1.82) is 0 Å². The van der Waals surface area contributed by atoms with Crippen molar-refractivity contribution in [3.05, 3.63) is 24.4 Å². The Labute approximate surface area is 517 Å². The second kappa shape index (κ2) is 35.3. The quantitative estimate of drug-likeness (QED) is 0.124. The SMILES string of the molecule is C=C1C(=O)N(C)[C@@H](CC(C)C)C(=O)C[C@H](C(C)C)C(=O)N(C)[C@@H](CC(C)C)C(=O)C[C@H](C)C(=O)N[C@@H](C)C(=O)N(C)[C@H](CC(C)C)C(=O)N(C)[C@H](CC(C)C)C(=O)N(C)[C@H](C(C)C)C(=O)N(C)[C@H]([C@H](O)[C@H](C)C/C=C/C)C(=O)C[C@H](CC)C(=O)N1C. The van der Waals surface area contributed by atoms with E-state index in [0.29, 0.717) is 6.42 Å². The molecule has 1 heterocycles. The molecule has 0 aromatic carbocycles. The summed E-state index contributed by atoms with van der Waals surface area (Å²) in [5.41, 5.74) is -0.288. The van der Waals surface area contributed by atoms with E-state index in [9.17, 15) is 48.3 Å². The summed E-state index contributed by atoms with van der Waals surface area (Å²) >= 11 is 0. The normalized spacial score (nSPS) is 27.0. The Morgan fingerprint density at radius 1 is 0.512 bits per heavy atom. The monoisotopic (exact) mass is 1210 g/mol. The fraction of sp³-hybridized carbons (Fsp3) is 0.773. The maximum atomic E-state index is 15.2. The maximum absolute atomic E-state index is 15.2. The van der Waals surface area contributed by atoms with Gasteiger partial charge in [0, 0.05) is 86.3 Å². The number of ketones is 3. The predicted molar refractivity (Wildman–Crippen MR) is 336 cm³/mol. The van der Waals surface area contributed by atoms with Gasteiger partial charge >= 0.3 is 0 Å². The molecule has 0 aromatic rings. The van der Waals surface area contributed by atoms with Crippen molar-refractivity contribution in [3.63, 3.8) is 0 Å². The summed E-state index contributed by atoms with van der Waals surface area (Å²) in [6.45, 7) is 34.5. The Balaban J connectivity index is 4.38. The Kier molecular flexibility index (Phi) is 32.1. The summed E-state index contributed by atoms with van der Waals surface area (Å²) < 4.78 is 0. The van der Waals surface area contributed by atoms with Crippen molar-refractivity contribution >= 4 is 64.6 Å². The lowest BCUT2D eigenvalue weighted by molar-refractivity contribution is -0.157. The first-order valence-corrected chi connectivity index (χ1v) is 31.4. The van der Waals surface area contributed by atoms with Crippen LogP contribution in [0.25, 0.3) is 0 Å². The number of aliphatic hydroxyl groups is 1. The molecule has 0 spiro atoms. The molecule has 1 rings (SSSR count). The molecule has 1 aliphatic heterocycles. The van der Waals surface area contributed by atoms with Crippen LogP contribution in [0.4, 0.5) is 0 Å². The van der Waals surface area contributed by atoms with E-state index >= 15 is 9.59 Å². The minimum Gasteiger partial charge on any atom is -0.390 e. The van der Waals surface area contributed by atoms with Gasteiger partial charge in [-0.25, -0.2) is 0 Å². The summed E-state index contributed by atoms with van der Waals surface area (Å²) in [6.07, 6.45) is 2.32. The van der Waals surface area contributed by atoms with Gasteiger partial charge in [-0.15, -0.1) is 0 Å². The number of Topliss-reactive ketones (excluding diaryl/α,β-unsaturated/α-hetero) is 3. The Morgan fingerprint density at radius 3 is 1.37 bits per heavy atom. The van der Waals surface area contributed by atoms with Gasteiger partial charge < -0.3 is 44.7 Å². The van der Waals surface area contributed by atoms with Gasteiger partial charge in [0.1, 0.15) is 35.9 Å². The first-order chi connectivity index (χ1) is 39.6. The number of nitrogens with one attached hydrogen (secondary N) is 1. The number of likely N-dealkylation sites (N-methyl/N-ethyl adjacent to an activating group) is 7. The van der Waals surface area contributed by atoms with E-state index in [2.05, 4.69) is 11.9 Å². The van der Waals surface area contributed by atoms with E-state index in [1.54, 1.807) is 54.5 Å². The van der Waals surface area contributed by atoms with E-state index in [1.165, 1.54) is 80.8 Å². The fourth-order valence-corrected chi connectivity index (χ4v) is 11.5. The molecule has 2 N–H and O–H groups in total. The lowest BCUT2D eigenvalue weighted by Crippen LogP contribution is -2.61. The summed E-state index contributed by atoms with van der Waals surface area (Å²) in [4.78, 5) is 170. The van der Waals surface area contributed by atoms with Crippen molar-refractivity contribution < 1.29 is 57.8 Å². The summed E-state index contributed by atoms with van der Waals surface area (Å²) in [5, 5.41) is 14.9. The molecule has 0 radical (unpaired) electrons. The van der Waals surface area contributed by atoms with Crippen LogP contribution in [0.2, 0.25) is 0 Å². The number of hydrogen-bond donors (Lipinski definition) is 2. The summed E-state index contributed by atoms with van der Waals surface area (Å²) in [5.74, 6) is -11.4. The van der Waals surface area contributed by atoms with Gasteiger partial charge in [-0.3, -0.25) is 52.7 Å². The number of nitrogens with zero attached hydrogens (tertiary/aromatic N) is 7. The molecule has 0 unspecified atom stereocenters. The van der Waals surface area contributed by atoms with Crippen molar-refractivity contribution in [3.8, 4) is 0 Å². The molecular weight excluding hydrogens is 1100 g/mol. The van der Waals surface area contributed by atoms with Gasteiger partial charge in [-0.1, -0.05) is 123 Å². The van der Waals surface area contributed by atoms with E-state index in [1.807, 2.05) is 68.4 Å². The van der Waals surface area contributed by atoms with E-state index in [0.717, 1.165) is 9.80 Å². The second-order valence-electron chi connectivity index (χ2n) is 27.1. The van der Waals surface area contributed by atoms with Crippen molar-refractivity contribution in [2.24, 2.45) is 59.2 Å². The maximum Gasteiger partial charge on any atom is 0.270 e. The zero-order chi connectivity index (χ0) is 66.8. The summed E-state index contributed by atoms with van der Waals surface area (Å²) in [6, 6.07) is -8.25. The lowest BCUT2D eigenvalue weighted by Gasteiger charge is -2.41. The van der Waals surface area contributed by atoms with E-state index in [4.69, 9.17) is 0 Å². The molecule has 0 aromatic heterocycles. The Morgan fingerprint density at radius 2 is 0.930 bits per heavy atom. The molecule has 0 bridgehead atoms. The number of carbonyl (C=O) groups excluding carboxylic acids is 11. The van der Waals surface area contributed by atoms with E-state index in [-0.39, 0.29) is 74.3 Å². The van der Waals surface area contributed by atoms with Crippen LogP contribution in [0.5, 0.6) is 0 Å². The van der Waals surface area contributed by atoms with Gasteiger partial charge in [0.2, 0.25) is 41.4 Å². The van der Waals surface area contributed by atoms with Crippen LogP contribution >= 0.6 is 0 Å². The number of allylic oxidation sites excluding steroid dienone is 2. The predicted octanol–water partition coefficient (Wildman–Crippen LogP) is 7.05. The molecule has 8 amide bonds. The van der Waals surface area contributed by atoms with Crippen molar-refractivity contribution in [2.45, 2.75) is 224 Å². The molecule has 0 saturated carbocycles. The second-order valence-corrected chi connectivity index (χ2v) is 27.1. The molecule has 1 aliphatic rings. The van der Waals surface area contributed by atoms with Gasteiger partial charge in [0.15, 0.2) is 17.3 Å². The van der Waals surface area contributed by atoms with Crippen molar-refractivity contribution in [1.82, 2.24) is 39.6 Å². The smallest absolute Gasteiger partial charge is 0.270 e. The zero-order valence-electron chi connectivity index (χ0n) is 57.2. The van der Waals surface area contributed by atoms with Crippen LogP contribution in [0.3, 0.4) is 0 Å². The molecule has 1 saturated heterocycles. The highest BCUT2D eigenvalue weighted by Gasteiger charge is 2.46.